The first kappa shape index (κ1) is 37.0. The Morgan fingerprint density at radius 1 is 0.756 bits per heavy atom. The van der Waals surface area contributed by atoms with Crippen molar-refractivity contribution in [1.29, 1.82) is 0 Å². The number of benzene rings is 1. The SMILES string of the molecule is CCCCCCCCOP(=O)(OCCCCCCCC)Oc1ccccc1.O=C(CC(=O)C(F)(F)F)c1cccs1. The predicted octanol–water partition coefficient (Wildman–Crippen LogP) is 10.4. The Bertz CT molecular complexity index is 977. The van der Waals surface area contributed by atoms with E-state index in [9.17, 15) is 27.3 Å². The Morgan fingerprint density at radius 2 is 1.27 bits per heavy atom. The highest BCUT2D eigenvalue weighted by molar-refractivity contribution is 7.48. The van der Waals surface area contributed by atoms with Crippen LogP contribution in [-0.4, -0.2) is 31.0 Å². The van der Waals surface area contributed by atoms with E-state index < -0.39 is 32.0 Å². The van der Waals surface area contributed by atoms with Gasteiger partial charge in [0.05, 0.1) is 24.5 Å². The van der Waals surface area contributed by atoms with Gasteiger partial charge in [0, 0.05) is 0 Å². The fourth-order valence-corrected chi connectivity index (χ4v) is 5.52. The summed E-state index contributed by atoms with van der Waals surface area (Å²) in [5.74, 6) is -2.27. The molecule has 1 aromatic carbocycles. The van der Waals surface area contributed by atoms with Crippen LogP contribution in [0.25, 0.3) is 0 Å². The number of Topliss-reactive ketones (excluding diaryl/α,β-unsaturated/α-hetero) is 2. The minimum atomic E-state index is -4.92. The summed E-state index contributed by atoms with van der Waals surface area (Å²) in [7, 11) is -3.56. The average molecular weight is 621 g/mol. The molecule has 0 fully saturated rings. The lowest BCUT2D eigenvalue weighted by atomic mass is 10.1. The van der Waals surface area contributed by atoms with Crippen LogP contribution in [0.1, 0.15) is 107 Å². The molecule has 0 N–H and O–H groups in total. The monoisotopic (exact) mass is 620 g/mol. The summed E-state index contributed by atoms with van der Waals surface area (Å²) in [6.07, 6.45) is 7.83. The molecule has 0 unspecified atom stereocenters. The molecule has 1 aromatic heterocycles. The van der Waals surface area contributed by atoms with Crippen molar-refractivity contribution in [3.8, 4) is 5.75 Å². The van der Waals surface area contributed by atoms with Crippen molar-refractivity contribution >= 4 is 30.7 Å². The van der Waals surface area contributed by atoms with Crippen LogP contribution in [0.4, 0.5) is 13.2 Å². The molecule has 0 saturated carbocycles. The standard InChI is InChI=1S/C22H39O4P.C8H5F3O2S/c1-3-5-7-9-11-16-20-24-27(23,26-22-18-14-13-15-19-22)25-21-17-12-10-8-6-4-2;9-8(10,11)7(13)4-5(12)6-2-1-3-14-6/h13-15,18-19H,3-12,16-17,20-21H2,1-2H3;1-3H,4H2. The number of halogens is 3. The molecule has 11 heteroatoms. The third-order valence-corrected chi connectivity index (χ3v) is 8.23. The van der Waals surface area contributed by atoms with Crippen LogP contribution in [0.5, 0.6) is 5.75 Å². The molecule has 2 aromatic rings. The first-order chi connectivity index (χ1) is 19.6. The van der Waals surface area contributed by atoms with Gasteiger partial charge in [-0.3, -0.25) is 18.6 Å². The van der Waals surface area contributed by atoms with Crippen molar-refractivity contribution in [3.05, 3.63) is 52.7 Å². The van der Waals surface area contributed by atoms with Gasteiger partial charge in [-0.25, -0.2) is 4.57 Å². The van der Waals surface area contributed by atoms with E-state index in [0.717, 1.165) is 37.0 Å². The fourth-order valence-electron chi connectivity index (χ4n) is 3.59. The van der Waals surface area contributed by atoms with Crippen molar-refractivity contribution in [1.82, 2.24) is 0 Å². The van der Waals surface area contributed by atoms with Crippen LogP contribution in [0, 0.1) is 0 Å². The van der Waals surface area contributed by atoms with Gasteiger partial charge < -0.3 is 4.52 Å². The van der Waals surface area contributed by atoms with E-state index in [1.54, 1.807) is 17.5 Å². The number of thiophene rings is 1. The summed E-state index contributed by atoms with van der Waals surface area (Å²) in [4.78, 5) is 21.7. The summed E-state index contributed by atoms with van der Waals surface area (Å²) < 4.78 is 65.0. The molecule has 0 aliphatic carbocycles. The van der Waals surface area contributed by atoms with Gasteiger partial charge in [-0.05, 0) is 36.4 Å². The number of alkyl halides is 3. The normalized spacial score (nSPS) is 11.5. The number of phosphoric ester groups is 1. The van der Waals surface area contributed by atoms with E-state index >= 15 is 0 Å². The quantitative estimate of drug-likeness (QED) is 0.0598. The average Bonchev–Trinajstić information content (AvgIpc) is 3.48. The van der Waals surface area contributed by atoms with Gasteiger partial charge >= 0.3 is 14.0 Å². The van der Waals surface area contributed by atoms with Gasteiger partial charge in [-0.15, -0.1) is 11.3 Å². The molecule has 0 amide bonds. The van der Waals surface area contributed by atoms with Gasteiger partial charge in [0.1, 0.15) is 5.75 Å². The number of carbonyl (C=O) groups excluding carboxylic acids is 2. The fraction of sp³-hybridized carbons (Fsp3) is 0.600. The van der Waals surface area contributed by atoms with Crippen molar-refractivity contribution in [3.63, 3.8) is 0 Å². The van der Waals surface area contributed by atoms with Gasteiger partial charge in [0.25, 0.3) is 0 Å². The smallest absolute Gasteiger partial charge is 0.404 e. The summed E-state index contributed by atoms with van der Waals surface area (Å²) in [5.41, 5.74) is 0. The maximum atomic E-state index is 13.0. The van der Waals surface area contributed by atoms with E-state index in [1.807, 2.05) is 18.2 Å². The van der Waals surface area contributed by atoms with Crippen LogP contribution >= 0.6 is 19.2 Å². The molecule has 0 bridgehead atoms. The summed E-state index contributed by atoms with van der Waals surface area (Å²) >= 11 is 1.01. The molecule has 0 saturated heterocycles. The van der Waals surface area contributed by atoms with Crippen LogP contribution in [0.3, 0.4) is 0 Å². The highest BCUT2D eigenvalue weighted by Crippen LogP contribution is 2.49. The lowest BCUT2D eigenvalue weighted by Crippen LogP contribution is -2.25. The third-order valence-electron chi connectivity index (χ3n) is 5.89. The van der Waals surface area contributed by atoms with Gasteiger partial charge in [-0.1, -0.05) is 102 Å². The highest BCUT2D eigenvalue weighted by atomic mass is 32.1. The van der Waals surface area contributed by atoms with Crippen molar-refractivity contribution in [2.45, 2.75) is 103 Å². The minimum Gasteiger partial charge on any atom is -0.404 e. The summed E-state index contributed by atoms with van der Waals surface area (Å²) in [6, 6.07) is 12.1. The maximum absolute atomic E-state index is 13.0. The lowest BCUT2D eigenvalue weighted by Gasteiger charge is -2.18. The van der Waals surface area contributed by atoms with Gasteiger partial charge in [-0.2, -0.15) is 13.2 Å². The number of unbranched alkanes of at least 4 members (excludes halogenated alkanes) is 10. The van der Waals surface area contributed by atoms with Crippen LogP contribution in [-0.2, 0) is 18.4 Å². The molecule has 2 rings (SSSR count). The van der Waals surface area contributed by atoms with E-state index in [4.69, 9.17) is 13.6 Å². The molecule has 0 spiro atoms. The maximum Gasteiger partial charge on any atom is 0.530 e. The second-order valence-electron chi connectivity index (χ2n) is 9.55. The van der Waals surface area contributed by atoms with Gasteiger partial charge in [0.2, 0.25) is 5.78 Å². The highest BCUT2D eigenvalue weighted by Gasteiger charge is 2.39. The Labute approximate surface area is 246 Å². The minimum absolute atomic E-state index is 0.169. The molecule has 0 aliphatic heterocycles. The zero-order chi connectivity index (χ0) is 30.4. The predicted molar refractivity (Wildman–Crippen MR) is 158 cm³/mol. The number of para-hydroxylation sites is 1. The Hall–Kier alpha value is -2.00. The van der Waals surface area contributed by atoms with E-state index in [2.05, 4.69) is 13.8 Å². The largest absolute Gasteiger partial charge is 0.530 e. The molecule has 0 atom stereocenters. The lowest BCUT2D eigenvalue weighted by molar-refractivity contribution is -0.170. The van der Waals surface area contributed by atoms with E-state index in [1.165, 1.54) is 63.5 Å². The molecular formula is C30H44F3O6PS. The van der Waals surface area contributed by atoms with Crippen molar-refractivity contribution in [2.24, 2.45) is 0 Å². The molecule has 0 aliphatic rings. The molecular weight excluding hydrogens is 576 g/mol. The molecule has 232 valence electrons. The number of carbonyl (C=O) groups is 2. The van der Waals surface area contributed by atoms with Crippen molar-refractivity contribution < 1.29 is 40.9 Å². The van der Waals surface area contributed by atoms with Gasteiger partial charge in [0.15, 0.2) is 5.78 Å². The van der Waals surface area contributed by atoms with Crippen LogP contribution < -0.4 is 4.52 Å². The number of phosphoric acid groups is 1. The van der Waals surface area contributed by atoms with Crippen molar-refractivity contribution in [2.75, 3.05) is 13.2 Å². The zero-order valence-corrected chi connectivity index (χ0v) is 25.9. The third kappa shape index (κ3) is 18.2. The number of hydrogen-bond donors (Lipinski definition) is 0. The summed E-state index contributed by atoms with van der Waals surface area (Å²) in [5, 5.41) is 1.56. The second kappa shape index (κ2) is 21.7. The Kier molecular flexibility index (Phi) is 19.6. The number of rotatable bonds is 21. The van der Waals surface area contributed by atoms with Crippen LogP contribution in [0.2, 0.25) is 0 Å². The Balaban J connectivity index is 0.000000502. The second-order valence-corrected chi connectivity index (χ2v) is 12.1. The Morgan fingerprint density at radius 3 is 1.73 bits per heavy atom. The zero-order valence-electron chi connectivity index (χ0n) is 24.2. The van der Waals surface area contributed by atoms with Crippen LogP contribution in [0.15, 0.2) is 47.8 Å². The molecule has 1 heterocycles. The molecule has 0 radical (unpaired) electrons. The van der Waals surface area contributed by atoms with E-state index in [-0.39, 0.29) is 4.88 Å². The topological polar surface area (TPSA) is 78.9 Å². The van der Waals surface area contributed by atoms with E-state index in [0.29, 0.717) is 19.0 Å². The summed E-state index contributed by atoms with van der Waals surface area (Å²) in [6.45, 7) is 5.24. The number of hydrogen-bond acceptors (Lipinski definition) is 7. The molecule has 6 nitrogen and oxygen atoms in total. The first-order valence-electron chi connectivity index (χ1n) is 14.4. The first-order valence-corrected chi connectivity index (χ1v) is 16.8. The molecule has 41 heavy (non-hydrogen) atoms. The number of ketones is 2.